The third kappa shape index (κ3) is 4.70. The second-order valence-electron chi connectivity index (χ2n) is 8.97. The molecule has 0 unspecified atom stereocenters. The van der Waals surface area contributed by atoms with Gasteiger partial charge in [-0.05, 0) is 91.5 Å². The Bertz CT molecular complexity index is 1210. The minimum Gasteiger partial charge on any atom is -0.497 e. The van der Waals surface area contributed by atoms with E-state index in [0.717, 1.165) is 40.4 Å². The largest absolute Gasteiger partial charge is 0.497 e. The number of carbonyl (C=O) groups excluding carboxylic acids is 1. The first-order valence-corrected chi connectivity index (χ1v) is 11.8. The molecule has 3 aromatic carbocycles. The van der Waals surface area contributed by atoms with E-state index in [0.29, 0.717) is 12.2 Å². The number of nitrogens with zero attached hydrogens (tertiary/aromatic N) is 1. The Morgan fingerprint density at radius 2 is 1.65 bits per heavy atom. The standard InChI is InChI=1S/C29H30N2O3/c1-20-24(18-31-15-3-4-16-31)19-34-28-17-25(11-14-27(20)28)30-29(32)23-7-5-21(6-8-23)22-9-12-26(33-2)13-10-22/h5-14,17H,3-4,15-16,18-19H2,1-2H3,(H,30,32). The molecule has 0 spiro atoms. The summed E-state index contributed by atoms with van der Waals surface area (Å²) in [7, 11) is 1.65. The Balaban J connectivity index is 1.26. The molecule has 1 saturated heterocycles. The number of hydrogen-bond donors (Lipinski definition) is 1. The highest BCUT2D eigenvalue weighted by molar-refractivity contribution is 6.04. The minimum atomic E-state index is -0.140. The normalized spacial score (nSPS) is 15.6. The van der Waals surface area contributed by atoms with Gasteiger partial charge in [0.15, 0.2) is 0 Å². The molecule has 5 rings (SSSR count). The van der Waals surface area contributed by atoms with Crippen LogP contribution in [0.4, 0.5) is 5.69 Å². The molecule has 2 aliphatic heterocycles. The maximum absolute atomic E-state index is 12.8. The molecule has 1 N–H and O–H groups in total. The second-order valence-corrected chi connectivity index (χ2v) is 8.97. The van der Waals surface area contributed by atoms with Crippen LogP contribution in [-0.4, -0.2) is 44.2 Å². The monoisotopic (exact) mass is 454 g/mol. The molecule has 0 radical (unpaired) electrons. The van der Waals surface area contributed by atoms with E-state index in [2.05, 4.69) is 23.2 Å². The van der Waals surface area contributed by atoms with Crippen molar-refractivity contribution in [3.8, 4) is 22.6 Å². The van der Waals surface area contributed by atoms with Crippen molar-refractivity contribution in [2.24, 2.45) is 0 Å². The van der Waals surface area contributed by atoms with E-state index in [1.165, 1.54) is 37.1 Å². The third-order valence-corrected chi connectivity index (χ3v) is 6.76. The number of nitrogens with one attached hydrogen (secondary N) is 1. The van der Waals surface area contributed by atoms with Gasteiger partial charge in [-0.25, -0.2) is 0 Å². The first kappa shape index (κ1) is 22.2. The van der Waals surface area contributed by atoms with Crippen molar-refractivity contribution in [1.29, 1.82) is 0 Å². The Hall–Kier alpha value is -3.57. The number of fused-ring (bicyclic) bond motifs is 1. The summed E-state index contributed by atoms with van der Waals surface area (Å²) >= 11 is 0. The zero-order valence-electron chi connectivity index (χ0n) is 19.8. The topological polar surface area (TPSA) is 50.8 Å². The van der Waals surface area contributed by atoms with E-state index in [4.69, 9.17) is 9.47 Å². The van der Waals surface area contributed by atoms with Crippen LogP contribution in [-0.2, 0) is 0 Å². The molecule has 0 atom stereocenters. The number of benzene rings is 3. The molecular weight excluding hydrogens is 424 g/mol. The molecule has 174 valence electrons. The Morgan fingerprint density at radius 1 is 0.971 bits per heavy atom. The predicted molar refractivity (Wildman–Crippen MR) is 137 cm³/mol. The number of hydrogen-bond acceptors (Lipinski definition) is 4. The number of ether oxygens (including phenoxy) is 2. The summed E-state index contributed by atoms with van der Waals surface area (Å²) in [4.78, 5) is 15.3. The number of methoxy groups -OCH3 is 1. The van der Waals surface area contributed by atoms with Crippen molar-refractivity contribution in [3.05, 3.63) is 83.4 Å². The lowest BCUT2D eigenvalue weighted by Crippen LogP contribution is -2.26. The van der Waals surface area contributed by atoms with Gasteiger partial charge in [0, 0.05) is 29.4 Å². The van der Waals surface area contributed by atoms with Gasteiger partial charge >= 0.3 is 0 Å². The highest BCUT2D eigenvalue weighted by Crippen LogP contribution is 2.35. The Labute approximate surface area is 201 Å². The summed E-state index contributed by atoms with van der Waals surface area (Å²) in [5, 5.41) is 3.01. The van der Waals surface area contributed by atoms with E-state index in [1.54, 1.807) is 7.11 Å². The summed E-state index contributed by atoms with van der Waals surface area (Å²) < 4.78 is 11.3. The first-order valence-electron chi connectivity index (χ1n) is 11.8. The number of carbonyl (C=O) groups is 1. The lowest BCUT2D eigenvalue weighted by atomic mass is 9.97. The number of amides is 1. The van der Waals surface area contributed by atoms with Gasteiger partial charge in [-0.3, -0.25) is 9.69 Å². The van der Waals surface area contributed by atoms with Crippen LogP contribution >= 0.6 is 0 Å². The highest BCUT2D eigenvalue weighted by atomic mass is 16.5. The highest BCUT2D eigenvalue weighted by Gasteiger charge is 2.21. The molecule has 0 saturated carbocycles. The van der Waals surface area contributed by atoms with Crippen LogP contribution in [0.1, 0.15) is 35.7 Å². The number of rotatable bonds is 6. The maximum Gasteiger partial charge on any atom is 0.255 e. The third-order valence-electron chi connectivity index (χ3n) is 6.76. The number of anilines is 1. The zero-order chi connectivity index (χ0) is 23.5. The van der Waals surface area contributed by atoms with Gasteiger partial charge in [0.2, 0.25) is 0 Å². The van der Waals surface area contributed by atoms with Crippen molar-refractivity contribution >= 4 is 17.2 Å². The molecule has 1 amide bonds. The summed E-state index contributed by atoms with van der Waals surface area (Å²) in [5.74, 6) is 1.51. The van der Waals surface area contributed by atoms with Gasteiger partial charge in [0.05, 0.1) is 7.11 Å². The SMILES string of the molecule is COc1ccc(-c2ccc(C(=O)Nc3ccc4c(c3)OCC(CN3CCCC3)=C4C)cc2)cc1. The van der Waals surface area contributed by atoms with Gasteiger partial charge in [0.25, 0.3) is 5.91 Å². The van der Waals surface area contributed by atoms with E-state index < -0.39 is 0 Å². The Morgan fingerprint density at radius 3 is 2.32 bits per heavy atom. The van der Waals surface area contributed by atoms with E-state index in [1.807, 2.05) is 60.7 Å². The molecule has 2 heterocycles. The van der Waals surface area contributed by atoms with Crippen molar-refractivity contribution in [2.45, 2.75) is 19.8 Å². The molecule has 0 aliphatic carbocycles. The number of likely N-dealkylation sites (tertiary alicyclic amines) is 1. The van der Waals surface area contributed by atoms with E-state index in [-0.39, 0.29) is 5.91 Å². The van der Waals surface area contributed by atoms with Gasteiger partial charge in [-0.2, -0.15) is 0 Å². The fraction of sp³-hybridized carbons (Fsp3) is 0.276. The first-order chi connectivity index (χ1) is 16.6. The predicted octanol–water partition coefficient (Wildman–Crippen LogP) is 5.88. The molecule has 0 aromatic heterocycles. The van der Waals surface area contributed by atoms with Crippen molar-refractivity contribution in [2.75, 3.05) is 38.7 Å². The minimum absolute atomic E-state index is 0.140. The van der Waals surface area contributed by atoms with Crippen LogP contribution in [0.3, 0.4) is 0 Å². The van der Waals surface area contributed by atoms with Crippen molar-refractivity contribution < 1.29 is 14.3 Å². The summed E-state index contributed by atoms with van der Waals surface area (Å²) in [6.45, 7) is 6.12. The summed E-state index contributed by atoms with van der Waals surface area (Å²) in [6, 6.07) is 21.4. The smallest absolute Gasteiger partial charge is 0.255 e. The average Bonchev–Trinajstić information content (AvgIpc) is 3.39. The van der Waals surface area contributed by atoms with Gasteiger partial charge in [-0.15, -0.1) is 0 Å². The van der Waals surface area contributed by atoms with Crippen LogP contribution in [0.25, 0.3) is 16.7 Å². The average molecular weight is 455 g/mol. The fourth-order valence-electron chi connectivity index (χ4n) is 4.67. The Kier molecular flexibility index (Phi) is 6.37. The van der Waals surface area contributed by atoms with Gasteiger partial charge in [0.1, 0.15) is 18.1 Å². The molecular formula is C29H30N2O3. The number of allylic oxidation sites excluding steroid dienone is 1. The summed E-state index contributed by atoms with van der Waals surface area (Å²) in [5.41, 5.74) is 7.23. The second kappa shape index (κ2) is 9.74. The molecule has 5 heteroatoms. The van der Waals surface area contributed by atoms with Crippen LogP contribution in [0, 0.1) is 0 Å². The molecule has 3 aromatic rings. The molecule has 0 bridgehead atoms. The van der Waals surface area contributed by atoms with Crippen LogP contribution < -0.4 is 14.8 Å². The molecule has 2 aliphatic rings. The van der Waals surface area contributed by atoms with Crippen LogP contribution in [0.2, 0.25) is 0 Å². The van der Waals surface area contributed by atoms with Crippen LogP contribution in [0.5, 0.6) is 11.5 Å². The van der Waals surface area contributed by atoms with Gasteiger partial charge in [-0.1, -0.05) is 24.3 Å². The lowest BCUT2D eigenvalue weighted by molar-refractivity contribution is 0.102. The maximum atomic E-state index is 12.8. The van der Waals surface area contributed by atoms with E-state index in [9.17, 15) is 4.79 Å². The quantitative estimate of drug-likeness (QED) is 0.506. The molecule has 1 fully saturated rings. The summed E-state index contributed by atoms with van der Waals surface area (Å²) in [6.07, 6.45) is 2.58. The van der Waals surface area contributed by atoms with Gasteiger partial charge < -0.3 is 14.8 Å². The van der Waals surface area contributed by atoms with E-state index >= 15 is 0 Å². The van der Waals surface area contributed by atoms with Crippen molar-refractivity contribution in [1.82, 2.24) is 4.90 Å². The van der Waals surface area contributed by atoms with Crippen LogP contribution in [0.15, 0.2) is 72.3 Å². The lowest BCUT2D eigenvalue weighted by Gasteiger charge is -2.26. The molecule has 34 heavy (non-hydrogen) atoms. The fourth-order valence-corrected chi connectivity index (χ4v) is 4.67. The van der Waals surface area contributed by atoms with Crippen molar-refractivity contribution in [3.63, 3.8) is 0 Å². The zero-order valence-corrected chi connectivity index (χ0v) is 19.8. The molecule has 5 nitrogen and oxygen atoms in total.